The van der Waals surface area contributed by atoms with Crippen molar-refractivity contribution in [3.63, 3.8) is 0 Å². The van der Waals surface area contributed by atoms with E-state index in [0.717, 1.165) is 0 Å². The van der Waals surface area contributed by atoms with Gasteiger partial charge in [-0.25, -0.2) is 0 Å². The quantitative estimate of drug-likeness (QED) is 0.0479. The summed E-state index contributed by atoms with van der Waals surface area (Å²) >= 11 is 0. The van der Waals surface area contributed by atoms with Gasteiger partial charge in [0.25, 0.3) is 0 Å². The van der Waals surface area contributed by atoms with Crippen molar-refractivity contribution in [2.24, 2.45) is 0 Å². The van der Waals surface area contributed by atoms with Crippen LogP contribution in [0.2, 0.25) is 0 Å². The van der Waals surface area contributed by atoms with E-state index in [0.29, 0.717) is 0 Å². The Hall–Kier alpha value is -2.60. The van der Waals surface area contributed by atoms with Gasteiger partial charge in [-0.2, -0.15) is 0 Å². The van der Waals surface area contributed by atoms with Crippen molar-refractivity contribution in [2.75, 3.05) is 0 Å². The first kappa shape index (κ1) is 57.4. The van der Waals surface area contributed by atoms with Crippen LogP contribution in [0.5, 0.6) is 0 Å². The lowest BCUT2D eigenvalue weighted by Crippen LogP contribution is -1.83. The minimum atomic E-state index is 1.29. The lowest BCUT2D eigenvalue weighted by atomic mass is 9.94. The molecule has 4 aromatic carbocycles. The molecular formula is C60H102. The van der Waals surface area contributed by atoms with Crippen LogP contribution in [0, 0.1) is 0 Å². The summed E-state index contributed by atoms with van der Waals surface area (Å²) in [5.41, 5.74) is 2.61. The van der Waals surface area contributed by atoms with Gasteiger partial charge in [0.15, 0.2) is 0 Å². The van der Waals surface area contributed by atoms with Crippen molar-refractivity contribution in [1.82, 2.24) is 0 Å². The fourth-order valence-corrected chi connectivity index (χ4v) is 7.75. The molecule has 60 heavy (non-hydrogen) atoms. The van der Waals surface area contributed by atoms with E-state index < -0.39 is 0 Å². The summed E-state index contributed by atoms with van der Waals surface area (Å²) in [5.74, 6) is 0. The van der Waals surface area contributed by atoms with Crippen molar-refractivity contribution in [3.05, 3.63) is 84.9 Å². The van der Waals surface area contributed by atoms with E-state index in [-0.39, 0.29) is 0 Å². The molecule has 0 bridgehead atoms. The number of benzene rings is 4. The second kappa shape index (κ2) is 45.9. The fourth-order valence-electron chi connectivity index (χ4n) is 7.75. The lowest BCUT2D eigenvalue weighted by molar-refractivity contribution is 0.585. The van der Waals surface area contributed by atoms with Crippen molar-refractivity contribution in [1.29, 1.82) is 0 Å². The number of hydrogen-bond acceptors (Lipinski definition) is 0. The molecule has 0 aliphatic rings. The standard InChI is InChI=1S/C20H14.4C10H22/c1-3-11-17-15(7-1)9-5-13-19(17)20-14-6-10-16-8-2-4-12-18(16)20;4*1-3-5-7-9-10-8-6-4-2/h1-14H;4*3-10H2,1-2H3. The Labute approximate surface area is 376 Å². The molecule has 0 aliphatic heterocycles. The Morgan fingerprint density at radius 3 is 0.600 bits per heavy atom. The monoisotopic (exact) mass is 823 g/mol. The molecule has 0 spiro atoms. The highest BCUT2D eigenvalue weighted by atomic mass is 14.1. The Bertz CT molecular complexity index is 1230. The summed E-state index contributed by atoms with van der Waals surface area (Å²) < 4.78 is 0. The third-order valence-corrected chi connectivity index (χ3v) is 11.7. The van der Waals surface area contributed by atoms with Crippen LogP contribution in [-0.4, -0.2) is 0 Å². The molecule has 0 atom stereocenters. The number of fused-ring (bicyclic) bond motifs is 2. The van der Waals surface area contributed by atoms with E-state index in [4.69, 9.17) is 0 Å². The molecule has 342 valence electrons. The maximum atomic E-state index is 2.27. The molecule has 0 amide bonds. The second-order valence-electron chi connectivity index (χ2n) is 17.5. The summed E-state index contributed by atoms with van der Waals surface area (Å²) in [6.45, 7) is 18.2. The smallest absolute Gasteiger partial charge is 0.00992 e. The molecule has 0 nitrogen and oxygen atoms in total. The molecule has 0 saturated heterocycles. The van der Waals surface area contributed by atoms with E-state index in [1.54, 1.807) is 0 Å². The third-order valence-electron chi connectivity index (χ3n) is 11.7. The molecule has 0 heteroatoms. The van der Waals surface area contributed by atoms with Gasteiger partial charge in [-0.15, -0.1) is 0 Å². The van der Waals surface area contributed by atoms with Crippen molar-refractivity contribution in [2.45, 2.75) is 261 Å². The van der Waals surface area contributed by atoms with Crippen LogP contribution in [0.4, 0.5) is 0 Å². The second-order valence-corrected chi connectivity index (χ2v) is 17.5. The van der Waals surface area contributed by atoms with Gasteiger partial charge in [0.1, 0.15) is 0 Å². The number of hydrogen-bond donors (Lipinski definition) is 0. The first-order valence-electron chi connectivity index (χ1n) is 26.5. The minimum absolute atomic E-state index is 1.29. The van der Waals surface area contributed by atoms with E-state index in [9.17, 15) is 0 Å². The molecule has 4 aromatic rings. The maximum absolute atomic E-state index is 2.27. The first-order valence-corrected chi connectivity index (χ1v) is 26.5. The zero-order valence-corrected chi connectivity index (χ0v) is 41.7. The van der Waals surface area contributed by atoms with Crippen molar-refractivity contribution < 1.29 is 0 Å². The SMILES string of the molecule is CCCCCCCCCC.CCCCCCCCCC.CCCCCCCCCC.CCCCCCCCCC.c1ccc2c(-c3cccc4ccccc34)cccc2c1. The topological polar surface area (TPSA) is 0 Å². The van der Waals surface area contributed by atoms with Crippen molar-refractivity contribution in [3.8, 4) is 11.1 Å². The minimum Gasteiger partial charge on any atom is -0.0654 e. The number of rotatable bonds is 29. The molecule has 0 saturated carbocycles. The summed E-state index contributed by atoms with van der Waals surface area (Å²) in [6.07, 6.45) is 45.8. The fraction of sp³-hybridized carbons (Fsp3) is 0.667. The Morgan fingerprint density at radius 2 is 0.383 bits per heavy atom. The van der Waals surface area contributed by atoms with Gasteiger partial charge in [-0.1, -0.05) is 346 Å². The van der Waals surface area contributed by atoms with Crippen LogP contribution in [0.25, 0.3) is 32.7 Å². The lowest BCUT2D eigenvalue weighted by Gasteiger charge is -2.10. The maximum Gasteiger partial charge on any atom is -0.00992 e. The first-order chi connectivity index (χ1) is 29.6. The van der Waals surface area contributed by atoms with Gasteiger partial charge < -0.3 is 0 Å². The molecule has 0 N–H and O–H groups in total. The molecule has 0 unspecified atom stereocenters. The highest BCUT2D eigenvalue weighted by Crippen LogP contribution is 2.33. The van der Waals surface area contributed by atoms with Gasteiger partial charge >= 0.3 is 0 Å². The van der Waals surface area contributed by atoms with Crippen LogP contribution in [0.15, 0.2) is 84.9 Å². The van der Waals surface area contributed by atoms with Gasteiger partial charge in [-0.05, 0) is 32.7 Å². The normalized spacial score (nSPS) is 10.5. The zero-order chi connectivity index (χ0) is 44.0. The van der Waals surface area contributed by atoms with Crippen molar-refractivity contribution >= 4 is 21.5 Å². The largest absolute Gasteiger partial charge is 0.0654 e. The average Bonchev–Trinajstić information content (AvgIpc) is 3.29. The van der Waals surface area contributed by atoms with Gasteiger partial charge in [0.2, 0.25) is 0 Å². The zero-order valence-electron chi connectivity index (χ0n) is 41.7. The summed E-state index contributed by atoms with van der Waals surface area (Å²) in [6, 6.07) is 30.2. The van der Waals surface area contributed by atoms with Crippen LogP contribution in [0.3, 0.4) is 0 Å². The molecule has 4 rings (SSSR count). The Kier molecular flexibility index (Phi) is 43.9. The number of unbranched alkanes of at least 4 members (excludes halogenated alkanes) is 28. The molecule has 0 radical (unpaired) electrons. The molecular weight excluding hydrogens is 721 g/mol. The summed E-state index contributed by atoms with van der Waals surface area (Å²) in [7, 11) is 0. The average molecular weight is 823 g/mol. The molecule has 0 aromatic heterocycles. The Morgan fingerprint density at radius 1 is 0.200 bits per heavy atom. The predicted octanol–water partition coefficient (Wildman–Crippen LogP) is 22.2. The van der Waals surface area contributed by atoms with Gasteiger partial charge in [-0.3, -0.25) is 0 Å². The third kappa shape index (κ3) is 32.2. The van der Waals surface area contributed by atoms with Gasteiger partial charge in [0.05, 0.1) is 0 Å². The van der Waals surface area contributed by atoms with Crippen LogP contribution in [0.1, 0.15) is 261 Å². The summed E-state index contributed by atoms with van der Waals surface area (Å²) in [4.78, 5) is 0. The molecule has 0 fully saturated rings. The van der Waals surface area contributed by atoms with Crippen LogP contribution in [-0.2, 0) is 0 Å². The summed E-state index contributed by atoms with van der Waals surface area (Å²) in [5, 5.41) is 5.20. The predicted molar refractivity (Wildman–Crippen MR) is 280 cm³/mol. The van der Waals surface area contributed by atoms with Crippen LogP contribution >= 0.6 is 0 Å². The highest BCUT2D eigenvalue weighted by Gasteiger charge is 2.06. The van der Waals surface area contributed by atoms with E-state index >= 15 is 0 Å². The van der Waals surface area contributed by atoms with E-state index in [1.807, 2.05) is 0 Å². The molecule has 0 aliphatic carbocycles. The van der Waals surface area contributed by atoms with Gasteiger partial charge in [0, 0.05) is 0 Å². The molecule has 0 heterocycles. The van der Waals surface area contributed by atoms with E-state index in [2.05, 4.69) is 140 Å². The Balaban J connectivity index is 0.000000764. The van der Waals surface area contributed by atoms with E-state index in [1.165, 1.54) is 238 Å². The highest BCUT2D eigenvalue weighted by molar-refractivity contribution is 6.05. The van der Waals surface area contributed by atoms with Crippen LogP contribution < -0.4 is 0 Å².